The maximum absolute atomic E-state index is 12.6. The summed E-state index contributed by atoms with van der Waals surface area (Å²) in [6.07, 6.45) is -8.26. The molecule has 0 heterocycles. The van der Waals surface area contributed by atoms with Crippen LogP contribution < -0.4 is 0 Å². The predicted octanol–water partition coefficient (Wildman–Crippen LogP) is 6.17. The number of alkyl halides is 6. The Balaban J connectivity index is 1.80. The van der Waals surface area contributed by atoms with E-state index in [9.17, 15) is 26.3 Å². The number of hydrogen-bond donors (Lipinski definition) is 0. The van der Waals surface area contributed by atoms with Gasteiger partial charge in [0.2, 0.25) is 0 Å². The molecule has 0 aliphatic heterocycles. The van der Waals surface area contributed by atoms with Gasteiger partial charge in [0.05, 0.1) is 30.4 Å². The van der Waals surface area contributed by atoms with Crippen LogP contribution in [-0.2, 0) is 34.7 Å². The Bertz CT molecular complexity index is 775. The second-order valence-corrected chi connectivity index (χ2v) is 6.76. The Hall–Kier alpha value is -2.57. The molecule has 31 heavy (non-hydrogen) atoms. The van der Waals surface area contributed by atoms with Gasteiger partial charge in [-0.05, 0) is 48.2 Å². The van der Waals surface area contributed by atoms with Gasteiger partial charge in [-0.3, -0.25) is 0 Å². The van der Waals surface area contributed by atoms with E-state index in [0.29, 0.717) is 30.4 Å². The molecular formula is C22H21F6NO2. The number of nitrogens with zero attached hydrogens (tertiary/aromatic N) is 1. The summed E-state index contributed by atoms with van der Waals surface area (Å²) in [7, 11) is 0. The van der Waals surface area contributed by atoms with Gasteiger partial charge < -0.3 is 9.47 Å². The first-order valence-electron chi connectivity index (χ1n) is 9.52. The third kappa shape index (κ3) is 8.59. The van der Waals surface area contributed by atoms with E-state index in [1.54, 1.807) is 0 Å². The van der Waals surface area contributed by atoms with E-state index in [1.165, 1.54) is 24.3 Å². The minimum atomic E-state index is -4.39. The topological polar surface area (TPSA) is 42.2 Å². The van der Waals surface area contributed by atoms with Crippen LogP contribution in [0, 0.1) is 11.3 Å². The average Bonchev–Trinajstić information content (AvgIpc) is 2.71. The van der Waals surface area contributed by atoms with Crippen LogP contribution in [0.4, 0.5) is 26.3 Å². The minimum absolute atomic E-state index is 0.182. The first kappa shape index (κ1) is 24.7. The van der Waals surface area contributed by atoms with Crippen molar-refractivity contribution >= 4 is 0 Å². The molecule has 0 fully saturated rings. The number of hydrogen-bond acceptors (Lipinski definition) is 3. The number of rotatable bonds is 10. The van der Waals surface area contributed by atoms with E-state index in [0.717, 1.165) is 24.3 Å². The van der Waals surface area contributed by atoms with Gasteiger partial charge >= 0.3 is 12.4 Å². The van der Waals surface area contributed by atoms with Crippen LogP contribution in [0.25, 0.3) is 0 Å². The number of ether oxygens (including phenoxy) is 2. The molecule has 0 radical (unpaired) electrons. The second-order valence-electron chi connectivity index (χ2n) is 6.76. The van der Waals surface area contributed by atoms with Crippen molar-refractivity contribution < 1.29 is 35.8 Å². The standard InChI is InChI=1S/C22H21F6NO2/c23-21(24,25)18-7-3-16(4-8-18)11-14-30-20(2-1-13-29)31-15-12-17-5-9-19(10-6-17)22(26,27)28/h3-10,20H,1-2,11-12,14-15H2. The van der Waals surface area contributed by atoms with Crippen molar-refractivity contribution in [2.24, 2.45) is 0 Å². The van der Waals surface area contributed by atoms with E-state index in [4.69, 9.17) is 14.7 Å². The molecule has 0 amide bonds. The van der Waals surface area contributed by atoms with Gasteiger partial charge in [0.15, 0.2) is 6.29 Å². The lowest BCUT2D eigenvalue weighted by atomic mass is 10.1. The average molecular weight is 445 g/mol. The summed E-state index contributed by atoms with van der Waals surface area (Å²) in [5.41, 5.74) is -0.125. The molecule has 0 aliphatic rings. The van der Waals surface area contributed by atoms with Crippen molar-refractivity contribution in [1.29, 1.82) is 5.26 Å². The summed E-state index contributed by atoms with van der Waals surface area (Å²) < 4.78 is 86.8. The first-order chi connectivity index (χ1) is 14.6. The molecule has 0 atom stereocenters. The fourth-order valence-electron chi connectivity index (χ4n) is 2.73. The van der Waals surface area contributed by atoms with Gasteiger partial charge in [-0.15, -0.1) is 0 Å². The highest BCUT2D eigenvalue weighted by atomic mass is 19.4. The molecule has 0 aromatic heterocycles. The van der Waals surface area contributed by atoms with Gasteiger partial charge in [-0.25, -0.2) is 0 Å². The fraction of sp³-hybridized carbons (Fsp3) is 0.409. The highest BCUT2D eigenvalue weighted by molar-refractivity contribution is 5.25. The Morgan fingerprint density at radius 2 is 1.10 bits per heavy atom. The van der Waals surface area contributed by atoms with E-state index < -0.39 is 29.8 Å². The first-order valence-corrected chi connectivity index (χ1v) is 9.52. The van der Waals surface area contributed by atoms with Gasteiger partial charge in [0.25, 0.3) is 0 Å². The zero-order valence-corrected chi connectivity index (χ0v) is 16.5. The molecule has 0 spiro atoms. The third-order valence-electron chi connectivity index (χ3n) is 4.44. The van der Waals surface area contributed by atoms with Crippen molar-refractivity contribution in [2.45, 2.75) is 44.3 Å². The Morgan fingerprint density at radius 1 is 0.710 bits per heavy atom. The van der Waals surface area contributed by atoms with E-state index in [1.807, 2.05) is 6.07 Å². The molecule has 2 rings (SSSR count). The van der Waals surface area contributed by atoms with Crippen LogP contribution in [0.3, 0.4) is 0 Å². The monoisotopic (exact) mass is 445 g/mol. The smallest absolute Gasteiger partial charge is 0.352 e. The van der Waals surface area contributed by atoms with Crippen LogP contribution in [0.1, 0.15) is 35.1 Å². The van der Waals surface area contributed by atoms with Gasteiger partial charge in [-0.1, -0.05) is 24.3 Å². The number of benzene rings is 2. The lowest BCUT2D eigenvalue weighted by Gasteiger charge is -2.18. The quantitative estimate of drug-likeness (QED) is 0.324. The number of nitriles is 1. The summed E-state index contributed by atoms with van der Waals surface area (Å²) >= 11 is 0. The Labute approximate surface area is 176 Å². The SMILES string of the molecule is N#CCCC(OCCc1ccc(C(F)(F)F)cc1)OCCc1ccc(C(F)(F)F)cc1. The van der Waals surface area contributed by atoms with E-state index >= 15 is 0 Å². The summed E-state index contributed by atoms with van der Waals surface area (Å²) in [5.74, 6) is 0. The van der Waals surface area contributed by atoms with Crippen molar-refractivity contribution in [3.05, 3.63) is 70.8 Å². The van der Waals surface area contributed by atoms with Crippen LogP contribution >= 0.6 is 0 Å². The molecule has 0 unspecified atom stereocenters. The van der Waals surface area contributed by atoms with Gasteiger partial charge in [-0.2, -0.15) is 31.6 Å². The van der Waals surface area contributed by atoms with Gasteiger partial charge in [0.1, 0.15) is 0 Å². The molecule has 0 saturated carbocycles. The minimum Gasteiger partial charge on any atom is -0.352 e. The highest BCUT2D eigenvalue weighted by Crippen LogP contribution is 2.30. The largest absolute Gasteiger partial charge is 0.416 e. The second kappa shape index (κ2) is 11.2. The maximum Gasteiger partial charge on any atom is 0.416 e. The summed E-state index contributed by atoms with van der Waals surface area (Å²) in [6, 6.07) is 11.5. The van der Waals surface area contributed by atoms with Crippen molar-refractivity contribution in [3.63, 3.8) is 0 Å². The summed E-state index contributed by atoms with van der Waals surface area (Å²) in [5, 5.41) is 8.76. The van der Waals surface area contributed by atoms with Crippen LogP contribution in [0.15, 0.2) is 48.5 Å². The lowest BCUT2D eigenvalue weighted by Crippen LogP contribution is -2.20. The molecule has 3 nitrogen and oxygen atoms in total. The predicted molar refractivity (Wildman–Crippen MR) is 101 cm³/mol. The van der Waals surface area contributed by atoms with Crippen molar-refractivity contribution in [1.82, 2.24) is 0 Å². The molecule has 0 saturated heterocycles. The van der Waals surface area contributed by atoms with Crippen molar-refractivity contribution in [2.75, 3.05) is 13.2 Å². The molecule has 9 heteroatoms. The van der Waals surface area contributed by atoms with Crippen LogP contribution in [-0.4, -0.2) is 19.5 Å². The van der Waals surface area contributed by atoms with Gasteiger partial charge in [0, 0.05) is 12.8 Å². The Kier molecular flexibility index (Phi) is 8.89. The molecular weight excluding hydrogens is 424 g/mol. The zero-order valence-electron chi connectivity index (χ0n) is 16.5. The van der Waals surface area contributed by atoms with Crippen molar-refractivity contribution in [3.8, 4) is 6.07 Å². The van der Waals surface area contributed by atoms with E-state index in [2.05, 4.69) is 0 Å². The fourth-order valence-corrected chi connectivity index (χ4v) is 2.73. The zero-order chi connectivity index (χ0) is 22.9. The lowest BCUT2D eigenvalue weighted by molar-refractivity contribution is -0.143. The molecule has 0 bridgehead atoms. The molecule has 2 aromatic rings. The maximum atomic E-state index is 12.6. The molecule has 168 valence electrons. The van der Waals surface area contributed by atoms with Crippen LogP contribution in [0.5, 0.6) is 0 Å². The molecule has 2 aromatic carbocycles. The number of halogens is 6. The van der Waals surface area contributed by atoms with Crippen LogP contribution in [0.2, 0.25) is 0 Å². The summed E-state index contributed by atoms with van der Waals surface area (Å²) in [4.78, 5) is 0. The normalized spacial score (nSPS) is 12.2. The third-order valence-corrected chi connectivity index (χ3v) is 4.44. The summed E-state index contributed by atoms with van der Waals surface area (Å²) in [6.45, 7) is 0.365. The molecule has 0 aliphatic carbocycles. The molecule has 0 N–H and O–H groups in total. The Morgan fingerprint density at radius 3 is 1.42 bits per heavy atom. The highest BCUT2D eigenvalue weighted by Gasteiger charge is 2.30. The van der Waals surface area contributed by atoms with E-state index in [-0.39, 0.29) is 19.6 Å².